The summed E-state index contributed by atoms with van der Waals surface area (Å²) in [7, 11) is 0. The quantitative estimate of drug-likeness (QED) is 0.782. The number of aliphatic hydroxyl groups excluding tert-OH is 1. The van der Waals surface area contributed by atoms with E-state index in [0.717, 1.165) is 19.7 Å². The van der Waals surface area contributed by atoms with Crippen LogP contribution in [0.1, 0.15) is 18.4 Å². The molecule has 1 aromatic carbocycles. The molecule has 1 aliphatic rings. The Hall–Kier alpha value is -0.900. The summed E-state index contributed by atoms with van der Waals surface area (Å²) in [5.41, 5.74) is 1.38. The fourth-order valence-electron chi connectivity index (χ4n) is 2.59. The topological polar surface area (TPSA) is 32.7 Å². The highest BCUT2D eigenvalue weighted by atomic mass is 16.5. The molecular weight excluding hydrogens is 226 g/mol. The molecule has 0 radical (unpaired) electrons. The van der Waals surface area contributed by atoms with Gasteiger partial charge in [-0.05, 0) is 30.9 Å². The molecule has 1 aliphatic heterocycles. The first-order chi connectivity index (χ1) is 8.88. The molecule has 0 bridgehead atoms. The van der Waals surface area contributed by atoms with Gasteiger partial charge in [-0.2, -0.15) is 0 Å². The largest absolute Gasteiger partial charge is 0.394 e. The minimum Gasteiger partial charge on any atom is -0.394 e. The maximum Gasteiger partial charge on any atom is 0.0697 e. The van der Waals surface area contributed by atoms with Crippen LogP contribution in [0.3, 0.4) is 0 Å². The molecule has 1 aromatic rings. The van der Waals surface area contributed by atoms with Crippen molar-refractivity contribution >= 4 is 0 Å². The molecule has 0 saturated carbocycles. The normalized spacial score (nSPS) is 21.1. The van der Waals surface area contributed by atoms with E-state index in [0.29, 0.717) is 12.5 Å². The fourth-order valence-corrected chi connectivity index (χ4v) is 2.59. The maximum atomic E-state index is 8.71. The number of rotatable bonds is 6. The molecule has 100 valence electrons. The van der Waals surface area contributed by atoms with Gasteiger partial charge < -0.3 is 9.84 Å². The van der Waals surface area contributed by atoms with Crippen LogP contribution in [-0.4, -0.2) is 42.9 Å². The Morgan fingerprint density at radius 2 is 2.11 bits per heavy atom. The van der Waals surface area contributed by atoms with E-state index >= 15 is 0 Å². The lowest BCUT2D eigenvalue weighted by Gasteiger charge is -2.32. The Balaban J connectivity index is 1.76. The first kappa shape index (κ1) is 13.5. The van der Waals surface area contributed by atoms with Crippen LogP contribution in [0.2, 0.25) is 0 Å². The standard InChI is InChI=1S/C15H23NO2/c17-9-10-18-13-15-7-4-8-16(12-15)11-14-5-2-1-3-6-14/h1-3,5-6,15,17H,4,7-13H2/t15-/m1/s1. The molecular formula is C15H23NO2. The second-order valence-electron chi connectivity index (χ2n) is 5.03. The Bertz CT molecular complexity index is 329. The molecule has 3 heteroatoms. The minimum absolute atomic E-state index is 0.125. The van der Waals surface area contributed by atoms with Gasteiger partial charge in [-0.25, -0.2) is 0 Å². The number of benzene rings is 1. The van der Waals surface area contributed by atoms with E-state index in [1.807, 2.05) is 0 Å². The SMILES string of the molecule is OCCOC[C@@H]1CCCN(Cc2ccccc2)C1. The summed E-state index contributed by atoms with van der Waals surface area (Å²) in [6.45, 7) is 4.71. The van der Waals surface area contributed by atoms with Gasteiger partial charge in [0, 0.05) is 13.1 Å². The van der Waals surface area contributed by atoms with E-state index < -0.39 is 0 Å². The molecule has 1 heterocycles. The van der Waals surface area contributed by atoms with Crippen LogP contribution in [0, 0.1) is 5.92 Å². The van der Waals surface area contributed by atoms with Crippen molar-refractivity contribution in [2.45, 2.75) is 19.4 Å². The summed E-state index contributed by atoms with van der Waals surface area (Å²) < 4.78 is 5.44. The highest BCUT2D eigenvalue weighted by molar-refractivity contribution is 5.14. The monoisotopic (exact) mass is 249 g/mol. The lowest BCUT2D eigenvalue weighted by molar-refractivity contribution is 0.0399. The van der Waals surface area contributed by atoms with Gasteiger partial charge in [0.1, 0.15) is 0 Å². The number of aliphatic hydroxyl groups is 1. The van der Waals surface area contributed by atoms with E-state index in [2.05, 4.69) is 35.2 Å². The van der Waals surface area contributed by atoms with Crippen molar-refractivity contribution in [3.8, 4) is 0 Å². The molecule has 0 aliphatic carbocycles. The number of ether oxygens (including phenoxy) is 1. The fraction of sp³-hybridized carbons (Fsp3) is 0.600. The van der Waals surface area contributed by atoms with Crippen molar-refractivity contribution in [3.63, 3.8) is 0 Å². The number of likely N-dealkylation sites (tertiary alicyclic amines) is 1. The van der Waals surface area contributed by atoms with E-state index in [1.165, 1.54) is 24.9 Å². The van der Waals surface area contributed by atoms with Crippen LogP contribution in [0.15, 0.2) is 30.3 Å². The van der Waals surface area contributed by atoms with Gasteiger partial charge in [0.05, 0.1) is 19.8 Å². The predicted molar refractivity (Wildman–Crippen MR) is 72.3 cm³/mol. The summed E-state index contributed by atoms with van der Waals surface area (Å²) in [6.07, 6.45) is 2.50. The first-order valence-corrected chi connectivity index (χ1v) is 6.83. The van der Waals surface area contributed by atoms with Gasteiger partial charge >= 0.3 is 0 Å². The molecule has 0 amide bonds. The molecule has 1 atom stereocenters. The smallest absolute Gasteiger partial charge is 0.0697 e. The van der Waals surface area contributed by atoms with E-state index in [4.69, 9.17) is 9.84 Å². The third kappa shape index (κ3) is 4.41. The highest BCUT2D eigenvalue weighted by Crippen LogP contribution is 2.18. The Kier molecular flexibility index (Phi) is 5.65. The van der Waals surface area contributed by atoms with Gasteiger partial charge in [-0.1, -0.05) is 30.3 Å². The van der Waals surface area contributed by atoms with Crippen LogP contribution >= 0.6 is 0 Å². The second kappa shape index (κ2) is 7.52. The van der Waals surface area contributed by atoms with Crippen molar-refractivity contribution in [3.05, 3.63) is 35.9 Å². The lowest BCUT2D eigenvalue weighted by atomic mass is 9.98. The molecule has 3 nitrogen and oxygen atoms in total. The van der Waals surface area contributed by atoms with Crippen LogP contribution in [0.25, 0.3) is 0 Å². The van der Waals surface area contributed by atoms with Crippen molar-refractivity contribution in [2.75, 3.05) is 32.9 Å². The summed E-state index contributed by atoms with van der Waals surface area (Å²) in [5, 5.41) is 8.71. The summed E-state index contributed by atoms with van der Waals surface area (Å²) in [6, 6.07) is 10.6. The van der Waals surface area contributed by atoms with E-state index in [9.17, 15) is 0 Å². The summed E-state index contributed by atoms with van der Waals surface area (Å²) in [4.78, 5) is 2.51. The Morgan fingerprint density at radius 1 is 1.28 bits per heavy atom. The van der Waals surface area contributed by atoms with Crippen LogP contribution in [0.5, 0.6) is 0 Å². The van der Waals surface area contributed by atoms with Gasteiger partial charge in [-0.3, -0.25) is 4.90 Å². The van der Waals surface area contributed by atoms with E-state index in [1.54, 1.807) is 0 Å². The highest BCUT2D eigenvalue weighted by Gasteiger charge is 2.19. The zero-order chi connectivity index (χ0) is 12.6. The molecule has 1 saturated heterocycles. The zero-order valence-electron chi connectivity index (χ0n) is 10.9. The van der Waals surface area contributed by atoms with Crippen molar-refractivity contribution < 1.29 is 9.84 Å². The number of hydrogen-bond acceptors (Lipinski definition) is 3. The maximum absolute atomic E-state index is 8.71. The minimum atomic E-state index is 0.125. The Labute approximate surface area is 109 Å². The van der Waals surface area contributed by atoms with Gasteiger partial charge in [0.15, 0.2) is 0 Å². The van der Waals surface area contributed by atoms with E-state index in [-0.39, 0.29) is 6.61 Å². The number of hydrogen-bond donors (Lipinski definition) is 1. The number of nitrogens with zero attached hydrogens (tertiary/aromatic N) is 1. The van der Waals surface area contributed by atoms with Crippen molar-refractivity contribution in [1.29, 1.82) is 0 Å². The Morgan fingerprint density at radius 3 is 2.89 bits per heavy atom. The molecule has 18 heavy (non-hydrogen) atoms. The van der Waals surface area contributed by atoms with Crippen molar-refractivity contribution in [1.82, 2.24) is 4.90 Å². The van der Waals surface area contributed by atoms with Gasteiger partial charge in [0.2, 0.25) is 0 Å². The third-order valence-electron chi connectivity index (χ3n) is 3.44. The molecule has 0 spiro atoms. The predicted octanol–water partition coefficient (Wildman–Crippen LogP) is 1.91. The molecule has 0 aromatic heterocycles. The summed E-state index contributed by atoms with van der Waals surface area (Å²) >= 11 is 0. The average molecular weight is 249 g/mol. The molecule has 1 fully saturated rings. The first-order valence-electron chi connectivity index (χ1n) is 6.83. The van der Waals surface area contributed by atoms with Crippen molar-refractivity contribution in [2.24, 2.45) is 5.92 Å². The van der Waals surface area contributed by atoms with Gasteiger partial charge in [-0.15, -0.1) is 0 Å². The summed E-state index contributed by atoms with van der Waals surface area (Å²) in [5.74, 6) is 0.619. The van der Waals surface area contributed by atoms with Crippen LogP contribution < -0.4 is 0 Å². The third-order valence-corrected chi connectivity index (χ3v) is 3.44. The second-order valence-corrected chi connectivity index (χ2v) is 5.03. The molecule has 0 unspecified atom stereocenters. The van der Waals surface area contributed by atoms with Crippen LogP contribution in [0.4, 0.5) is 0 Å². The number of piperidine rings is 1. The van der Waals surface area contributed by atoms with Gasteiger partial charge in [0.25, 0.3) is 0 Å². The molecule has 1 N–H and O–H groups in total. The average Bonchev–Trinajstić information content (AvgIpc) is 2.41. The lowest BCUT2D eigenvalue weighted by Crippen LogP contribution is -2.36. The van der Waals surface area contributed by atoms with Crippen LogP contribution in [-0.2, 0) is 11.3 Å². The zero-order valence-corrected chi connectivity index (χ0v) is 10.9. The molecule has 2 rings (SSSR count).